The first-order valence-corrected chi connectivity index (χ1v) is 9.22. The molecule has 1 aliphatic heterocycles. The normalized spacial score (nSPS) is 13.9. The quantitative estimate of drug-likeness (QED) is 0.608. The van der Waals surface area contributed by atoms with Crippen LogP contribution >= 0.6 is 11.3 Å². The molecule has 26 heavy (non-hydrogen) atoms. The third-order valence-corrected chi connectivity index (χ3v) is 5.51. The molecule has 4 aromatic rings. The van der Waals surface area contributed by atoms with Crippen LogP contribution in [0.1, 0.15) is 10.6 Å². The van der Waals surface area contributed by atoms with Crippen molar-refractivity contribution in [3.8, 4) is 0 Å². The highest BCUT2D eigenvalue weighted by Crippen LogP contribution is 2.28. The number of benzene rings is 2. The van der Waals surface area contributed by atoms with Gasteiger partial charge in [-0.15, -0.1) is 11.3 Å². The number of thiazole rings is 1. The van der Waals surface area contributed by atoms with Gasteiger partial charge in [0.05, 0.1) is 40.5 Å². The zero-order valence-electron chi connectivity index (χ0n) is 13.8. The summed E-state index contributed by atoms with van der Waals surface area (Å²) in [4.78, 5) is 26.7. The number of nitrogens with one attached hydrogen (secondary N) is 1. The van der Waals surface area contributed by atoms with Crippen molar-refractivity contribution in [1.29, 1.82) is 0 Å². The minimum Gasteiger partial charge on any atom is -0.366 e. The van der Waals surface area contributed by atoms with Crippen molar-refractivity contribution >= 4 is 38.3 Å². The van der Waals surface area contributed by atoms with E-state index in [2.05, 4.69) is 20.3 Å². The number of aliphatic imine (C=N–C) groups is 1. The average molecular weight is 361 g/mol. The van der Waals surface area contributed by atoms with E-state index in [-0.39, 0.29) is 5.56 Å². The van der Waals surface area contributed by atoms with Gasteiger partial charge < -0.3 is 5.32 Å². The van der Waals surface area contributed by atoms with E-state index in [1.165, 1.54) is 11.3 Å². The van der Waals surface area contributed by atoms with Crippen molar-refractivity contribution in [1.82, 2.24) is 19.9 Å². The van der Waals surface area contributed by atoms with E-state index >= 15 is 0 Å². The lowest BCUT2D eigenvalue weighted by Crippen LogP contribution is -2.21. The van der Waals surface area contributed by atoms with Crippen LogP contribution in [0.25, 0.3) is 21.1 Å². The second-order valence-corrected chi connectivity index (χ2v) is 7.15. The Morgan fingerprint density at radius 2 is 1.96 bits per heavy atom. The molecule has 0 amide bonds. The number of fused-ring (bicyclic) bond motifs is 3. The fourth-order valence-corrected chi connectivity index (χ4v) is 4.24. The third kappa shape index (κ3) is 2.48. The first kappa shape index (κ1) is 15.2. The molecule has 1 aliphatic rings. The lowest BCUT2D eigenvalue weighted by molar-refractivity contribution is 0.749. The molecule has 5 rings (SSSR count). The van der Waals surface area contributed by atoms with Gasteiger partial charge in [0.1, 0.15) is 0 Å². The Kier molecular flexibility index (Phi) is 3.53. The van der Waals surface area contributed by atoms with Gasteiger partial charge in [0.25, 0.3) is 5.56 Å². The lowest BCUT2D eigenvalue weighted by Gasteiger charge is -2.07. The van der Waals surface area contributed by atoms with Crippen LogP contribution in [-0.4, -0.2) is 33.5 Å². The van der Waals surface area contributed by atoms with Crippen molar-refractivity contribution in [3.63, 3.8) is 0 Å². The van der Waals surface area contributed by atoms with Gasteiger partial charge in [-0.1, -0.05) is 30.3 Å². The summed E-state index contributed by atoms with van der Waals surface area (Å²) >= 11 is 1.50. The molecule has 0 saturated carbocycles. The van der Waals surface area contributed by atoms with Crippen LogP contribution in [0.4, 0.5) is 0 Å². The van der Waals surface area contributed by atoms with Crippen LogP contribution in [-0.2, 0) is 6.54 Å². The van der Waals surface area contributed by atoms with Gasteiger partial charge in [0, 0.05) is 6.54 Å². The molecule has 0 spiro atoms. The number of amidine groups is 1. The monoisotopic (exact) mass is 361 g/mol. The van der Waals surface area contributed by atoms with Gasteiger partial charge in [-0.25, -0.2) is 9.97 Å². The molecule has 2 aromatic carbocycles. The summed E-state index contributed by atoms with van der Waals surface area (Å²) in [6, 6.07) is 13.7. The SMILES string of the molecule is O=c1c2c(ccc3nc(C4=NCCN4)sc32)ncn1Cc1ccccc1. The Morgan fingerprint density at radius 1 is 1.12 bits per heavy atom. The Balaban J connectivity index is 1.69. The van der Waals surface area contributed by atoms with Crippen molar-refractivity contribution < 1.29 is 0 Å². The van der Waals surface area contributed by atoms with Gasteiger partial charge in [-0.3, -0.25) is 14.4 Å². The molecule has 0 fully saturated rings. The van der Waals surface area contributed by atoms with Crippen LogP contribution in [0.5, 0.6) is 0 Å². The summed E-state index contributed by atoms with van der Waals surface area (Å²) in [5.74, 6) is 0.813. The van der Waals surface area contributed by atoms with Gasteiger partial charge >= 0.3 is 0 Å². The van der Waals surface area contributed by atoms with Gasteiger partial charge in [-0.2, -0.15) is 0 Å². The molecule has 0 aliphatic carbocycles. The third-order valence-electron chi connectivity index (χ3n) is 4.42. The van der Waals surface area contributed by atoms with Crippen LogP contribution in [0.3, 0.4) is 0 Å². The predicted octanol–water partition coefficient (Wildman–Crippen LogP) is 2.40. The standard InChI is InChI=1S/C19H15N5OS/c25-19-15-13(22-11-24(19)10-12-4-2-1-3-5-12)6-7-14-16(15)26-18(23-14)17-20-8-9-21-17/h1-7,11H,8-10H2,(H,20,21). The second kappa shape index (κ2) is 6.03. The van der Waals surface area contributed by atoms with Crippen molar-refractivity contribution in [2.45, 2.75) is 6.54 Å². The molecule has 2 aromatic heterocycles. The number of hydrogen-bond acceptors (Lipinski definition) is 6. The van der Waals surface area contributed by atoms with Gasteiger partial charge in [0.15, 0.2) is 10.8 Å². The summed E-state index contributed by atoms with van der Waals surface area (Å²) in [7, 11) is 0. The van der Waals surface area contributed by atoms with E-state index < -0.39 is 0 Å². The molecule has 0 unspecified atom stereocenters. The summed E-state index contributed by atoms with van der Waals surface area (Å²) < 4.78 is 2.52. The zero-order chi connectivity index (χ0) is 17.5. The summed E-state index contributed by atoms with van der Waals surface area (Å²) in [5.41, 5.74) is 2.53. The Hall–Kier alpha value is -3.06. The molecule has 0 bridgehead atoms. The molecular weight excluding hydrogens is 346 g/mol. The second-order valence-electron chi connectivity index (χ2n) is 6.15. The first-order valence-electron chi connectivity index (χ1n) is 8.41. The Morgan fingerprint density at radius 3 is 2.77 bits per heavy atom. The fraction of sp³-hybridized carbons (Fsp3) is 0.158. The van der Waals surface area contributed by atoms with Gasteiger partial charge in [0.2, 0.25) is 0 Å². The molecule has 0 saturated heterocycles. The maximum atomic E-state index is 13.1. The zero-order valence-corrected chi connectivity index (χ0v) is 14.7. The number of rotatable bonds is 3. The van der Waals surface area contributed by atoms with Crippen LogP contribution in [0.2, 0.25) is 0 Å². The fourth-order valence-electron chi connectivity index (χ4n) is 3.16. The van der Waals surface area contributed by atoms with E-state index in [1.807, 2.05) is 42.5 Å². The molecule has 128 valence electrons. The first-order chi connectivity index (χ1) is 12.8. The Bertz CT molecular complexity index is 1210. The topological polar surface area (TPSA) is 72.2 Å². The minimum atomic E-state index is -0.0408. The Labute approximate surface area is 152 Å². The molecule has 3 heterocycles. The summed E-state index contributed by atoms with van der Waals surface area (Å²) in [5, 5.41) is 4.69. The average Bonchev–Trinajstić information content (AvgIpc) is 3.33. The van der Waals surface area contributed by atoms with E-state index in [0.717, 1.165) is 39.7 Å². The highest BCUT2D eigenvalue weighted by atomic mass is 32.1. The van der Waals surface area contributed by atoms with Crippen LogP contribution in [0.15, 0.2) is 58.6 Å². The van der Waals surface area contributed by atoms with E-state index in [0.29, 0.717) is 17.4 Å². The molecular formula is C19H15N5OS. The van der Waals surface area contributed by atoms with E-state index in [9.17, 15) is 4.79 Å². The molecule has 0 atom stereocenters. The predicted molar refractivity (Wildman–Crippen MR) is 104 cm³/mol. The summed E-state index contributed by atoms with van der Waals surface area (Å²) in [6.07, 6.45) is 1.62. The molecule has 0 radical (unpaired) electrons. The number of aromatic nitrogens is 3. The molecule has 7 heteroatoms. The van der Waals surface area contributed by atoms with E-state index in [4.69, 9.17) is 0 Å². The van der Waals surface area contributed by atoms with Crippen molar-refractivity contribution in [2.75, 3.05) is 13.1 Å². The lowest BCUT2D eigenvalue weighted by atomic mass is 10.2. The maximum Gasteiger partial charge on any atom is 0.263 e. The molecule has 6 nitrogen and oxygen atoms in total. The minimum absolute atomic E-state index is 0.0408. The maximum absolute atomic E-state index is 13.1. The van der Waals surface area contributed by atoms with Crippen molar-refractivity contribution in [2.24, 2.45) is 4.99 Å². The highest BCUT2D eigenvalue weighted by molar-refractivity contribution is 7.21. The highest BCUT2D eigenvalue weighted by Gasteiger charge is 2.17. The number of hydrogen-bond donors (Lipinski definition) is 1. The largest absolute Gasteiger partial charge is 0.366 e. The molecule has 1 N–H and O–H groups in total. The van der Waals surface area contributed by atoms with E-state index in [1.54, 1.807) is 10.9 Å². The van der Waals surface area contributed by atoms with Crippen LogP contribution < -0.4 is 10.9 Å². The van der Waals surface area contributed by atoms with Crippen LogP contribution in [0, 0.1) is 0 Å². The van der Waals surface area contributed by atoms with Gasteiger partial charge in [-0.05, 0) is 17.7 Å². The van der Waals surface area contributed by atoms with Crippen molar-refractivity contribution in [3.05, 3.63) is 69.7 Å². The number of nitrogens with zero attached hydrogens (tertiary/aromatic N) is 4. The smallest absolute Gasteiger partial charge is 0.263 e. The summed E-state index contributed by atoms with van der Waals surface area (Å²) in [6.45, 7) is 2.09.